The molecule has 0 aliphatic heterocycles. The Hall–Kier alpha value is -2.43. The van der Waals surface area contributed by atoms with Gasteiger partial charge in [0, 0.05) is 18.5 Å². The van der Waals surface area contributed by atoms with Crippen LogP contribution in [0.25, 0.3) is 6.08 Å². The van der Waals surface area contributed by atoms with Crippen LogP contribution in [0.5, 0.6) is 0 Å². The molecular weight excluding hydrogens is 257 g/mol. The van der Waals surface area contributed by atoms with Gasteiger partial charge in [-0.1, -0.05) is 19.1 Å². The molecule has 5 heteroatoms. The SMILES string of the molecule is CCC(NC(=O)/C=C/c1cccc(F)c1)c1ncc[nH]1. The first kappa shape index (κ1) is 14.0. The lowest BCUT2D eigenvalue weighted by atomic mass is 10.2. The summed E-state index contributed by atoms with van der Waals surface area (Å²) in [5.41, 5.74) is 0.645. The van der Waals surface area contributed by atoms with Gasteiger partial charge in [0.25, 0.3) is 0 Å². The average molecular weight is 273 g/mol. The molecule has 0 saturated heterocycles. The normalized spacial score (nSPS) is 12.5. The van der Waals surface area contributed by atoms with Crippen LogP contribution in [0.15, 0.2) is 42.7 Å². The minimum absolute atomic E-state index is 0.158. The van der Waals surface area contributed by atoms with Gasteiger partial charge >= 0.3 is 0 Å². The lowest BCUT2D eigenvalue weighted by molar-refractivity contribution is -0.117. The minimum atomic E-state index is -0.324. The van der Waals surface area contributed by atoms with Crippen LogP contribution in [0.3, 0.4) is 0 Å². The van der Waals surface area contributed by atoms with E-state index in [9.17, 15) is 9.18 Å². The van der Waals surface area contributed by atoms with Gasteiger partial charge in [-0.3, -0.25) is 4.79 Å². The van der Waals surface area contributed by atoms with Crippen molar-refractivity contribution in [1.29, 1.82) is 0 Å². The van der Waals surface area contributed by atoms with E-state index in [0.29, 0.717) is 5.56 Å². The van der Waals surface area contributed by atoms with Gasteiger partial charge in [0.05, 0.1) is 6.04 Å². The molecule has 0 bridgehead atoms. The number of halogens is 1. The Morgan fingerprint density at radius 2 is 2.40 bits per heavy atom. The summed E-state index contributed by atoms with van der Waals surface area (Å²) < 4.78 is 13.0. The Labute approximate surface area is 116 Å². The summed E-state index contributed by atoms with van der Waals surface area (Å²) >= 11 is 0. The zero-order chi connectivity index (χ0) is 14.4. The highest BCUT2D eigenvalue weighted by atomic mass is 19.1. The van der Waals surface area contributed by atoms with Gasteiger partial charge in [0.15, 0.2) is 0 Å². The first-order valence-electron chi connectivity index (χ1n) is 6.42. The Morgan fingerprint density at radius 3 is 3.05 bits per heavy atom. The molecule has 0 fully saturated rings. The summed E-state index contributed by atoms with van der Waals surface area (Å²) in [5, 5.41) is 2.84. The molecule has 0 radical (unpaired) electrons. The molecule has 1 aromatic carbocycles. The summed E-state index contributed by atoms with van der Waals surface area (Å²) in [5.74, 6) is 0.159. The number of carbonyl (C=O) groups excluding carboxylic acids is 1. The molecule has 0 saturated carbocycles. The number of nitrogens with zero attached hydrogens (tertiary/aromatic N) is 1. The van der Waals surface area contributed by atoms with Crippen LogP contribution in [0.2, 0.25) is 0 Å². The summed E-state index contributed by atoms with van der Waals surface area (Å²) in [6.07, 6.45) is 7.06. The van der Waals surface area contributed by atoms with E-state index in [2.05, 4.69) is 15.3 Å². The van der Waals surface area contributed by atoms with Crippen molar-refractivity contribution >= 4 is 12.0 Å². The van der Waals surface area contributed by atoms with Crippen molar-refractivity contribution in [2.75, 3.05) is 0 Å². The van der Waals surface area contributed by atoms with Crippen molar-refractivity contribution in [3.05, 3.63) is 59.9 Å². The molecule has 1 amide bonds. The van der Waals surface area contributed by atoms with Gasteiger partial charge in [-0.05, 0) is 30.2 Å². The van der Waals surface area contributed by atoms with Gasteiger partial charge < -0.3 is 10.3 Å². The number of aromatic nitrogens is 2. The molecule has 0 aliphatic carbocycles. The molecule has 1 aromatic heterocycles. The molecule has 2 N–H and O–H groups in total. The Kier molecular flexibility index (Phi) is 4.65. The summed E-state index contributed by atoms with van der Waals surface area (Å²) in [4.78, 5) is 18.9. The minimum Gasteiger partial charge on any atom is -0.347 e. The first-order chi connectivity index (χ1) is 9.69. The molecular formula is C15H16FN3O. The Morgan fingerprint density at radius 1 is 1.55 bits per heavy atom. The smallest absolute Gasteiger partial charge is 0.244 e. The summed E-state index contributed by atoms with van der Waals surface area (Å²) in [6, 6.07) is 5.91. The van der Waals surface area contributed by atoms with Crippen LogP contribution >= 0.6 is 0 Å². The third-order valence-corrected chi connectivity index (χ3v) is 2.85. The number of nitrogens with one attached hydrogen (secondary N) is 2. The van der Waals surface area contributed by atoms with Gasteiger partial charge in [-0.2, -0.15) is 0 Å². The van der Waals surface area contributed by atoms with E-state index in [4.69, 9.17) is 0 Å². The van der Waals surface area contributed by atoms with Crippen molar-refractivity contribution < 1.29 is 9.18 Å². The molecule has 0 aliphatic rings. The van der Waals surface area contributed by atoms with Crippen molar-refractivity contribution in [2.45, 2.75) is 19.4 Å². The molecule has 0 spiro atoms. The Balaban J connectivity index is 1.98. The zero-order valence-electron chi connectivity index (χ0n) is 11.1. The molecule has 2 aromatic rings. The highest BCUT2D eigenvalue weighted by molar-refractivity contribution is 5.91. The number of H-pyrrole nitrogens is 1. The molecule has 1 atom stereocenters. The van der Waals surface area contributed by atoms with E-state index in [1.807, 2.05) is 6.92 Å². The fraction of sp³-hybridized carbons (Fsp3) is 0.200. The Bertz CT molecular complexity index is 593. The molecule has 1 unspecified atom stereocenters. The highest BCUT2D eigenvalue weighted by Gasteiger charge is 2.12. The second-order valence-corrected chi connectivity index (χ2v) is 4.33. The number of rotatable bonds is 5. The second-order valence-electron chi connectivity index (χ2n) is 4.33. The number of imidazole rings is 1. The van der Waals surface area contributed by atoms with Crippen LogP contribution in [0.4, 0.5) is 4.39 Å². The zero-order valence-corrected chi connectivity index (χ0v) is 11.1. The van der Waals surface area contributed by atoms with Crippen LogP contribution in [-0.2, 0) is 4.79 Å². The summed E-state index contributed by atoms with van der Waals surface area (Å²) in [7, 11) is 0. The maximum Gasteiger partial charge on any atom is 0.244 e. The first-order valence-corrected chi connectivity index (χ1v) is 6.42. The number of hydrogen-bond acceptors (Lipinski definition) is 2. The van der Waals surface area contributed by atoms with Crippen LogP contribution in [-0.4, -0.2) is 15.9 Å². The van der Waals surface area contributed by atoms with E-state index in [1.54, 1.807) is 30.6 Å². The standard InChI is InChI=1S/C15H16FN3O/c1-2-13(15-17-8-9-18-15)19-14(20)7-6-11-4-3-5-12(16)10-11/h3-10,13H,2H2,1H3,(H,17,18)(H,19,20)/b7-6+. The monoisotopic (exact) mass is 273 g/mol. The van der Waals surface area contributed by atoms with Crippen molar-refractivity contribution in [3.8, 4) is 0 Å². The number of aromatic amines is 1. The van der Waals surface area contributed by atoms with Crippen molar-refractivity contribution in [3.63, 3.8) is 0 Å². The van der Waals surface area contributed by atoms with E-state index in [1.165, 1.54) is 18.2 Å². The van der Waals surface area contributed by atoms with Gasteiger partial charge in [0.1, 0.15) is 11.6 Å². The largest absolute Gasteiger partial charge is 0.347 e. The lowest BCUT2D eigenvalue weighted by Gasteiger charge is -2.12. The topological polar surface area (TPSA) is 57.8 Å². The van der Waals surface area contributed by atoms with Crippen molar-refractivity contribution in [2.24, 2.45) is 0 Å². The number of hydrogen-bond donors (Lipinski definition) is 2. The maximum absolute atomic E-state index is 13.0. The van der Waals surface area contributed by atoms with Gasteiger partial charge in [-0.25, -0.2) is 9.37 Å². The maximum atomic E-state index is 13.0. The highest BCUT2D eigenvalue weighted by Crippen LogP contribution is 2.11. The van der Waals surface area contributed by atoms with Crippen LogP contribution < -0.4 is 5.32 Å². The van der Waals surface area contributed by atoms with Crippen LogP contribution in [0.1, 0.15) is 30.8 Å². The fourth-order valence-corrected chi connectivity index (χ4v) is 1.83. The molecule has 20 heavy (non-hydrogen) atoms. The van der Waals surface area contributed by atoms with E-state index in [-0.39, 0.29) is 17.8 Å². The molecule has 1 heterocycles. The van der Waals surface area contributed by atoms with Crippen LogP contribution in [0, 0.1) is 5.82 Å². The average Bonchev–Trinajstić information content (AvgIpc) is 2.96. The number of amides is 1. The predicted molar refractivity (Wildman–Crippen MR) is 75.2 cm³/mol. The number of benzene rings is 1. The third kappa shape index (κ3) is 3.78. The lowest BCUT2D eigenvalue weighted by Crippen LogP contribution is -2.27. The van der Waals surface area contributed by atoms with E-state index in [0.717, 1.165) is 12.2 Å². The van der Waals surface area contributed by atoms with Gasteiger partial charge in [0.2, 0.25) is 5.91 Å². The van der Waals surface area contributed by atoms with Crippen molar-refractivity contribution in [1.82, 2.24) is 15.3 Å². The predicted octanol–water partition coefficient (Wildman–Crippen LogP) is 2.83. The summed E-state index contributed by atoms with van der Waals surface area (Å²) in [6.45, 7) is 1.96. The molecule has 2 rings (SSSR count). The number of carbonyl (C=O) groups is 1. The fourth-order valence-electron chi connectivity index (χ4n) is 1.83. The quantitative estimate of drug-likeness (QED) is 0.823. The molecule has 104 valence electrons. The van der Waals surface area contributed by atoms with E-state index < -0.39 is 0 Å². The third-order valence-electron chi connectivity index (χ3n) is 2.85. The second kappa shape index (κ2) is 6.65. The van der Waals surface area contributed by atoms with Gasteiger partial charge in [-0.15, -0.1) is 0 Å². The molecule has 4 nitrogen and oxygen atoms in total. The van der Waals surface area contributed by atoms with E-state index >= 15 is 0 Å².